The molecular formula is C18H23N7O2. The van der Waals surface area contributed by atoms with E-state index in [-0.39, 0.29) is 11.3 Å². The molecule has 0 fully saturated rings. The summed E-state index contributed by atoms with van der Waals surface area (Å²) in [5.74, 6) is 0.983. The second kappa shape index (κ2) is 6.82. The van der Waals surface area contributed by atoms with Gasteiger partial charge in [0, 0.05) is 24.3 Å². The van der Waals surface area contributed by atoms with Crippen LogP contribution in [0.5, 0.6) is 5.75 Å². The molecule has 0 aliphatic rings. The average molecular weight is 369 g/mol. The van der Waals surface area contributed by atoms with Crippen LogP contribution in [0.25, 0.3) is 5.69 Å². The summed E-state index contributed by atoms with van der Waals surface area (Å²) >= 11 is 0. The van der Waals surface area contributed by atoms with Crippen LogP contribution in [0.15, 0.2) is 24.4 Å². The molecule has 0 saturated carbocycles. The first-order chi connectivity index (χ1) is 12.7. The van der Waals surface area contributed by atoms with Crippen molar-refractivity contribution in [3.63, 3.8) is 0 Å². The zero-order valence-electron chi connectivity index (χ0n) is 16.3. The smallest absolute Gasteiger partial charge is 0.259 e. The van der Waals surface area contributed by atoms with E-state index >= 15 is 0 Å². The number of nitrogens with one attached hydrogen (secondary N) is 1. The quantitative estimate of drug-likeness (QED) is 0.757. The summed E-state index contributed by atoms with van der Waals surface area (Å²) < 4.78 is 8.60. The van der Waals surface area contributed by atoms with Crippen molar-refractivity contribution in [1.82, 2.24) is 30.0 Å². The Hall–Kier alpha value is -3.23. The van der Waals surface area contributed by atoms with Crippen LogP contribution >= 0.6 is 0 Å². The highest BCUT2D eigenvalue weighted by molar-refractivity contribution is 6.05. The topological polar surface area (TPSA) is 99.8 Å². The number of ether oxygens (including phenoxy) is 1. The first-order valence-corrected chi connectivity index (χ1v) is 8.49. The van der Waals surface area contributed by atoms with Crippen molar-refractivity contribution in [2.24, 2.45) is 7.05 Å². The van der Waals surface area contributed by atoms with E-state index in [1.165, 1.54) is 0 Å². The predicted octanol–water partition coefficient (Wildman–Crippen LogP) is 2.26. The molecular weight excluding hydrogens is 346 g/mol. The first kappa shape index (κ1) is 18.6. The van der Waals surface area contributed by atoms with Crippen LogP contribution < -0.4 is 10.1 Å². The van der Waals surface area contributed by atoms with Crippen LogP contribution in [0.3, 0.4) is 0 Å². The van der Waals surface area contributed by atoms with E-state index in [1.807, 2.05) is 20.8 Å². The van der Waals surface area contributed by atoms with Crippen LogP contribution in [0, 0.1) is 6.92 Å². The molecule has 142 valence electrons. The lowest BCUT2D eigenvalue weighted by Gasteiger charge is -2.17. The van der Waals surface area contributed by atoms with Crippen molar-refractivity contribution < 1.29 is 9.53 Å². The SMILES string of the molecule is COc1ccc(NC(=O)c2cn(C)nc2C(C)(C)C)cc1-n1nnnc1C. The third-order valence-corrected chi connectivity index (χ3v) is 4.07. The molecule has 2 aromatic heterocycles. The molecule has 1 aromatic carbocycles. The van der Waals surface area contributed by atoms with Gasteiger partial charge >= 0.3 is 0 Å². The Morgan fingerprint density at radius 2 is 2.00 bits per heavy atom. The van der Waals surface area contributed by atoms with Gasteiger partial charge in [-0.25, -0.2) is 0 Å². The summed E-state index contributed by atoms with van der Waals surface area (Å²) in [5, 5.41) is 18.9. The summed E-state index contributed by atoms with van der Waals surface area (Å²) in [4.78, 5) is 12.9. The normalized spacial score (nSPS) is 11.5. The minimum Gasteiger partial charge on any atom is -0.494 e. The number of carbonyl (C=O) groups excluding carboxylic acids is 1. The molecule has 27 heavy (non-hydrogen) atoms. The Morgan fingerprint density at radius 3 is 2.59 bits per heavy atom. The highest BCUT2D eigenvalue weighted by Crippen LogP contribution is 2.28. The summed E-state index contributed by atoms with van der Waals surface area (Å²) in [5.41, 5.74) is 2.28. The molecule has 3 rings (SSSR count). The fourth-order valence-corrected chi connectivity index (χ4v) is 2.79. The molecule has 0 atom stereocenters. The highest BCUT2D eigenvalue weighted by atomic mass is 16.5. The molecule has 0 aliphatic carbocycles. The predicted molar refractivity (Wildman–Crippen MR) is 100 cm³/mol. The second-order valence-corrected chi connectivity index (χ2v) is 7.29. The van der Waals surface area contributed by atoms with Gasteiger partial charge in [0.1, 0.15) is 11.4 Å². The lowest BCUT2D eigenvalue weighted by Crippen LogP contribution is -2.20. The molecule has 0 spiro atoms. The highest BCUT2D eigenvalue weighted by Gasteiger charge is 2.26. The third-order valence-electron chi connectivity index (χ3n) is 4.07. The number of amides is 1. The maximum absolute atomic E-state index is 12.9. The molecule has 9 nitrogen and oxygen atoms in total. The number of methoxy groups -OCH3 is 1. The number of carbonyl (C=O) groups is 1. The largest absolute Gasteiger partial charge is 0.494 e. The molecule has 0 radical (unpaired) electrons. The van der Waals surface area contributed by atoms with E-state index in [2.05, 4.69) is 25.9 Å². The third kappa shape index (κ3) is 3.67. The van der Waals surface area contributed by atoms with Crippen molar-refractivity contribution in [1.29, 1.82) is 0 Å². The van der Waals surface area contributed by atoms with E-state index in [1.54, 1.807) is 54.8 Å². The second-order valence-electron chi connectivity index (χ2n) is 7.29. The van der Waals surface area contributed by atoms with Gasteiger partial charge in [0.2, 0.25) is 0 Å². The maximum Gasteiger partial charge on any atom is 0.259 e. The average Bonchev–Trinajstić information content (AvgIpc) is 3.20. The Labute approximate surface area is 157 Å². The van der Waals surface area contributed by atoms with Gasteiger partial charge in [0.25, 0.3) is 5.91 Å². The van der Waals surface area contributed by atoms with Gasteiger partial charge in [-0.15, -0.1) is 5.10 Å². The van der Waals surface area contributed by atoms with Gasteiger partial charge in [-0.2, -0.15) is 9.78 Å². The summed E-state index contributed by atoms with van der Waals surface area (Å²) in [7, 11) is 3.38. The van der Waals surface area contributed by atoms with Crippen molar-refractivity contribution in [2.45, 2.75) is 33.1 Å². The molecule has 9 heteroatoms. The maximum atomic E-state index is 12.9. The van der Waals surface area contributed by atoms with Crippen LogP contribution in [-0.4, -0.2) is 43.0 Å². The van der Waals surface area contributed by atoms with Crippen LogP contribution in [0.1, 0.15) is 42.6 Å². The van der Waals surface area contributed by atoms with Gasteiger partial charge in [0.15, 0.2) is 5.82 Å². The lowest BCUT2D eigenvalue weighted by atomic mass is 9.89. The zero-order chi connectivity index (χ0) is 19.8. The first-order valence-electron chi connectivity index (χ1n) is 8.49. The number of nitrogens with zero attached hydrogens (tertiary/aromatic N) is 6. The number of anilines is 1. The van der Waals surface area contributed by atoms with Crippen LogP contribution in [0.2, 0.25) is 0 Å². The molecule has 1 N–H and O–H groups in total. The summed E-state index contributed by atoms with van der Waals surface area (Å²) in [6.07, 6.45) is 1.73. The number of aromatic nitrogens is 6. The zero-order valence-corrected chi connectivity index (χ0v) is 16.3. The molecule has 0 unspecified atom stereocenters. The van der Waals surface area contributed by atoms with E-state index in [0.717, 1.165) is 5.69 Å². The molecule has 0 bridgehead atoms. The Bertz CT molecular complexity index is 982. The Balaban J connectivity index is 1.95. The van der Waals surface area contributed by atoms with Gasteiger partial charge < -0.3 is 10.1 Å². The fourth-order valence-electron chi connectivity index (χ4n) is 2.79. The Morgan fingerprint density at radius 1 is 1.26 bits per heavy atom. The van der Waals surface area contributed by atoms with Gasteiger partial charge in [-0.3, -0.25) is 9.48 Å². The number of benzene rings is 1. The lowest BCUT2D eigenvalue weighted by molar-refractivity contribution is 0.102. The molecule has 3 aromatic rings. The summed E-state index contributed by atoms with van der Waals surface area (Å²) in [6, 6.07) is 5.31. The molecule has 2 heterocycles. The number of aryl methyl sites for hydroxylation is 2. The van der Waals surface area contributed by atoms with Crippen LogP contribution in [0.4, 0.5) is 5.69 Å². The van der Waals surface area contributed by atoms with Crippen molar-refractivity contribution >= 4 is 11.6 Å². The van der Waals surface area contributed by atoms with E-state index < -0.39 is 0 Å². The van der Waals surface area contributed by atoms with Crippen molar-refractivity contribution in [3.05, 3.63) is 41.5 Å². The standard InChI is InChI=1S/C18H23N7O2/c1-11-20-22-23-25(11)14-9-12(7-8-15(14)27-6)19-17(26)13-10-24(5)21-16(13)18(2,3)4/h7-10H,1-6H3,(H,19,26). The number of tetrazole rings is 1. The van der Waals surface area contributed by atoms with Gasteiger partial charge in [-0.1, -0.05) is 20.8 Å². The number of hydrogen-bond donors (Lipinski definition) is 1. The number of hydrogen-bond acceptors (Lipinski definition) is 6. The monoisotopic (exact) mass is 369 g/mol. The molecule has 0 aliphatic heterocycles. The minimum atomic E-state index is -0.248. The number of rotatable bonds is 4. The van der Waals surface area contributed by atoms with E-state index in [0.29, 0.717) is 28.5 Å². The summed E-state index contributed by atoms with van der Waals surface area (Å²) in [6.45, 7) is 7.87. The fraction of sp³-hybridized carbons (Fsp3) is 0.389. The van der Waals surface area contributed by atoms with Gasteiger partial charge in [0.05, 0.1) is 18.4 Å². The molecule has 0 saturated heterocycles. The van der Waals surface area contributed by atoms with E-state index in [4.69, 9.17) is 4.74 Å². The molecule has 1 amide bonds. The van der Waals surface area contributed by atoms with Crippen molar-refractivity contribution in [3.8, 4) is 11.4 Å². The van der Waals surface area contributed by atoms with Crippen molar-refractivity contribution in [2.75, 3.05) is 12.4 Å². The van der Waals surface area contributed by atoms with E-state index in [9.17, 15) is 4.79 Å². The van der Waals surface area contributed by atoms with Crippen LogP contribution in [-0.2, 0) is 12.5 Å². The Kier molecular flexibility index (Phi) is 4.69. The minimum absolute atomic E-state index is 0.224. The van der Waals surface area contributed by atoms with Gasteiger partial charge in [-0.05, 0) is 35.5 Å².